The third-order valence-electron chi connectivity index (χ3n) is 5.53. The maximum Gasteiger partial charge on any atom is 0.309 e. The molecule has 0 unspecified atom stereocenters. The molecule has 176 valence electrons. The van der Waals surface area contributed by atoms with Crippen LogP contribution >= 0.6 is 0 Å². The van der Waals surface area contributed by atoms with Crippen molar-refractivity contribution in [3.05, 3.63) is 53.0 Å². The van der Waals surface area contributed by atoms with E-state index in [0.29, 0.717) is 50.5 Å². The first-order valence-electron chi connectivity index (χ1n) is 11.3. The fraction of sp³-hybridized carbons (Fsp3) is 0.458. The highest BCUT2D eigenvalue weighted by Gasteiger charge is 2.28. The predicted octanol–water partition coefficient (Wildman–Crippen LogP) is 2.52. The van der Waals surface area contributed by atoms with E-state index in [9.17, 15) is 14.4 Å². The minimum atomic E-state index is -0.361. The Kier molecular flexibility index (Phi) is 8.74. The van der Waals surface area contributed by atoms with Crippen LogP contribution in [0.2, 0.25) is 0 Å². The number of ether oxygens (including phenoxy) is 2. The molecule has 0 atom stereocenters. The topological polar surface area (TPSA) is 114 Å². The monoisotopic (exact) mass is 454 g/mol. The number of H-pyrrole nitrogens is 1. The maximum atomic E-state index is 12.5. The van der Waals surface area contributed by atoms with Gasteiger partial charge in [-0.25, -0.2) is 0 Å². The Labute approximate surface area is 192 Å². The van der Waals surface area contributed by atoms with Crippen LogP contribution in [-0.4, -0.2) is 58.3 Å². The van der Waals surface area contributed by atoms with Crippen LogP contribution in [0.3, 0.4) is 0 Å². The fourth-order valence-corrected chi connectivity index (χ4v) is 3.63. The smallest absolute Gasteiger partial charge is 0.309 e. The highest BCUT2D eigenvalue weighted by molar-refractivity contribution is 5.77. The van der Waals surface area contributed by atoms with Crippen molar-refractivity contribution in [3.8, 4) is 17.1 Å². The molecule has 0 bridgehead atoms. The number of piperidine rings is 1. The van der Waals surface area contributed by atoms with E-state index >= 15 is 0 Å². The van der Waals surface area contributed by atoms with Crippen molar-refractivity contribution >= 4 is 11.9 Å². The number of rotatable bonds is 10. The molecule has 2 aromatic rings. The van der Waals surface area contributed by atoms with E-state index in [4.69, 9.17) is 9.47 Å². The van der Waals surface area contributed by atoms with Gasteiger partial charge in [0.15, 0.2) is 5.82 Å². The second-order valence-corrected chi connectivity index (χ2v) is 7.81. The van der Waals surface area contributed by atoms with E-state index < -0.39 is 0 Å². The Morgan fingerprint density at radius 3 is 2.58 bits per heavy atom. The van der Waals surface area contributed by atoms with Crippen molar-refractivity contribution in [2.75, 3.05) is 26.3 Å². The van der Waals surface area contributed by atoms with Crippen molar-refractivity contribution in [2.45, 2.75) is 39.0 Å². The van der Waals surface area contributed by atoms with E-state index in [1.54, 1.807) is 42.2 Å². The molecule has 0 spiro atoms. The summed E-state index contributed by atoms with van der Waals surface area (Å²) in [7, 11) is 0. The molecule has 9 heteroatoms. The number of aryl methyl sites for hydroxylation is 1. The quantitative estimate of drug-likeness (QED) is 0.333. The van der Waals surface area contributed by atoms with Gasteiger partial charge in [0, 0.05) is 31.5 Å². The normalized spacial score (nSPS) is 14.0. The van der Waals surface area contributed by atoms with Crippen LogP contribution in [0.25, 0.3) is 11.4 Å². The lowest BCUT2D eigenvalue weighted by Gasteiger charge is -2.30. The zero-order chi connectivity index (χ0) is 23.6. The molecule has 1 amide bonds. The van der Waals surface area contributed by atoms with E-state index in [1.807, 2.05) is 0 Å². The average Bonchev–Trinajstić information content (AvgIpc) is 2.84. The van der Waals surface area contributed by atoms with Gasteiger partial charge >= 0.3 is 5.97 Å². The number of nitrogens with zero attached hydrogens (tertiary/aromatic N) is 3. The largest absolute Gasteiger partial charge is 0.493 e. The van der Waals surface area contributed by atoms with Gasteiger partial charge < -0.3 is 19.4 Å². The summed E-state index contributed by atoms with van der Waals surface area (Å²) in [6.45, 7) is 7.38. The molecule has 3 rings (SSSR count). The Morgan fingerprint density at radius 1 is 1.21 bits per heavy atom. The Hall–Kier alpha value is -3.49. The molecule has 0 aliphatic carbocycles. The van der Waals surface area contributed by atoms with Crippen molar-refractivity contribution in [3.63, 3.8) is 0 Å². The van der Waals surface area contributed by atoms with Gasteiger partial charge in [-0.2, -0.15) is 0 Å². The van der Waals surface area contributed by atoms with Crippen molar-refractivity contribution < 1.29 is 19.1 Å². The highest BCUT2D eigenvalue weighted by atomic mass is 16.5. The molecule has 33 heavy (non-hydrogen) atoms. The number of esters is 1. The zero-order valence-electron chi connectivity index (χ0n) is 18.9. The highest BCUT2D eigenvalue weighted by Crippen LogP contribution is 2.20. The number of aromatic nitrogens is 3. The Morgan fingerprint density at radius 2 is 1.94 bits per heavy atom. The summed E-state index contributed by atoms with van der Waals surface area (Å²) in [6, 6.07) is 7.20. The molecular formula is C24H30N4O5. The van der Waals surface area contributed by atoms with Crippen LogP contribution in [0.15, 0.2) is 41.7 Å². The number of likely N-dealkylation sites (tertiary alicyclic amines) is 1. The maximum absolute atomic E-state index is 12.5. The molecule has 1 N–H and O–H groups in total. The zero-order valence-corrected chi connectivity index (χ0v) is 18.9. The molecule has 1 aliphatic heterocycles. The lowest BCUT2D eigenvalue weighted by atomic mass is 9.96. The number of carbonyl (C=O) groups excluding carboxylic acids is 2. The van der Waals surface area contributed by atoms with Crippen LogP contribution in [0.1, 0.15) is 38.3 Å². The number of amides is 1. The molecule has 2 heterocycles. The van der Waals surface area contributed by atoms with Crippen molar-refractivity contribution in [1.82, 2.24) is 20.1 Å². The van der Waals surface area contributed by atoms with Gasteiger partial charge in [0.25, 0.3) is 5.56 Å². The molecule has 1 aromatic heterocycles. The molecule has 1 fully saturated rings. The Bertz CT molecular complexity index is 1010. The number of hydrogen-bond donors (Lipinski definition) is 1. The molecule has 1 aliphatic rings. The minimum absolute atomic E-state index is 0.0605. The number of carbonyl (C=O) groups is 2. The van der Waals surface area contributed by atoms with Gasteiger partial charge in [0.1, 0.15) is 11.4 Å². The number of aromatic amines is 1. The average molecular weight is 455 g/mol. The van der Waals surface area contributed by atoms with Gasteiger partial charge in [0.2, 0.25) is 5.91 Å². The Balaban J connectivity index is 1.51. The lowest BCUT2D eigenvalue weighted by Crippen LogP contribution is -2.40. The van der Waals surface area contributed by atoms with Gasteiger partial charge in [-0.05, 0) is 50.5 Å². The van der Waals surface area contributed by atoms with Crippen molar-refractivity contribution in [1.29, 1.82) is 0 Å². The number of nitrogens with one attached hydrogen (secondary N) is 1. The first-order chi connectivity index (χ1) is 16.0. The summed E-state index contributed by atoms with van der Waals surface area (Å²) in [5, 5.41) is 8.16. The second-order valence-electron chi connectivity index (χ2n) is 7.81. The van der Waals surface area contributed by atoms with Crippen LogP contribution in [-0.2, 0) is 20.7 Å². The first kappa shape index (κ1) is 24.2. The molecule has 1 saturated heterocycles. The number of benzene rings is 1. The van der Waals surface area contributed by atoms with Gasteiger partial charge in [0.05, 0.1) is 19.1 Å². The summed E-state index contributed by atoms with van der Waals surface area (Å²) in [5.74, 6) is 0.671. The summed E-state index contributed by atoms with van der Waals surface area (Å²) in [5.41, 5.74) is 0.570. The molecular weight excluding hydrogens is 424 g/mol. The molecule has 0 radical (unpaired) electrons. The van der Waals surface area contributed by atoms with E-state index in [0.717, 1.165) is 12.2 Å². The molecule has 1 aromatic carbocycles. The SMILES string of the molecule is C=CCCOc1ccc(-c2nnc(CCC(=O)N3CCC(C(=O)OCC)CC3)c(=O)[nH]2)cc1. The third-order valence-corrected chi connectivity index (χ3v) is 5.53. The summed E-state index contributed by atoms with van der Waals surface area (Å²) in [4.78, 5) is 41.3. The summed E-state index contributed by atoms with van der Waals surface area (Å²) >= 11 is 0. The first-order valence-corrected chi connectivity index (χ1v) is 11.3. The van der Waals surface area contributed by atoms with Crippen LogP contribution in [0.5, 0.6) is 5.75 Å². The number of hydrogen-bond acceptors (Lipinski definition) is 7. The van der Waals surface area contributed by atoms with E-state index in [2.05, 4.69) is 21.8 Å². The lowest BCUT2D eigenvalue weighted by molar-refractivity contribution is -0.151. The van der Waals surface area contributed by atoms with Crippen molar-refractivity contribution in [2.24, 2.45) is 5.92 Å². The standard InChI is InChI=1S/C24H30N4O5/c1-3-5-16-33-19-8-6-17(7-9-19)22-25-23(30)20(26-27-22)10-11-21(29)28-14-12-18(13-15-28)24(31)32-4-2/h3,6-9,18H,1,4-5,10-16H2,2H3,(H,25,27,30). The van der Waals surface area contributed by atoms with Crippen LogP contribution in [0.4, 0.5) is 0 Å². The summed E-state index contributed by atoms with van der Waals surface area (Å²) in [6.07, 6.45) is 4.11. The molecule has 0 saturated carbocycles. The summed E-state index contributed by atoms with van der Waals surface area (Å²) < 4.78 is 10.6. The van der Waals surface area contributed by atoms with Crippen LogP contribution in [0, 0.1) is 5.92 Å². The molecule has 9 nitrogen and oxygen atoms in total. The predicted molar refractivity (Wildman–Crippen MR) is 123 cm³/mol. The van der Waals surface area contributed by atoms with E-state index in [1.165, 1.54) is 0 Å². The van der Waals surface area contributed by atoms with E-state index in [-0.39, 0.29) is 41.9 Å². The van der Waals surface area contributed by atoms with Gasteiger partial charge in [-0.15, -0.1) is 16.8 Å². The van der Waals surface area contributed by atoms with Gasteiger partial charge in [-0.3, -0.25) is 14.4 Å². The minimum Gasteiger partial charge on any atom is -0.493 e. The van der Waals surface area contributed by atoms with Crippen LogP contribution < -0.4 is 10.3 Å². The fourth-order valence-electron chi connectivity index (χ4n) is 3.63. The third kappa shape index (κ3) is 6.74. The van der Waals surface area contributed by atoms with Gasteiger partial charge in [-0.1, -0.05) is 6.08 Å². The second kappa shape index (κ2) is 11.9.